The molecule has 0 amide bonds. The van der Waals surface area contributed by atoms with Crippen molar-refractivity contribution in [2.45, 2.75) is 13.8 Å². The Morgan fingerprint density at radius 1 is 1.29 bits per heavy atom. The van der Waals surface area contributed by atoms with Gasteiger partial charge in [0.2, 0.25) is 0 Å². The summed E-state index contributed by atoms with van der Waals surface area (Å²) in [5.74, 6) is -0.458. The van der Waals surface area contributed by atoms with E-state index in [1.165, 1.54) is 7.11 Å². The van der Waals surface area contributed by atoms with Crippen LogP contribution in [0.25, 0.3) is 0 Å². The molecule has 0 aliphatic heterocycles. The maximum atomic E-state index is 12.4. The van der Waals surface area contributed by atoms with Gasteiger partial charge in [-0.2, -0.15) is 0 Å². The van der Waals surface area contributed by atoms with Crippen LogP contribution in [0.3, 0.4) is 0 Å². The molecule has 5 nitrogen and oxygen atoms in total. The van der Waals surface area contributed by atoms with Gasteiger partial charge in [0.05, 0.1) is 20.3 Å². The van der Waals surface area contributed by atoms with Gasteiger partial charge in [0.25, 0.3) is 0 Å². The van der Waals surface area contributed by atoms with Crippen molar-refractivity contribution in [2.24, 2.45) is 0 Å². The summed E-state index contributed by atoms with van der Waals surface area (Å²) in [6, 6.07) is 3.12. The molecule has 1 rings (SSSR count). The van der Waals surface area contributed by atoms with Gasteiger partial charge in [-0.25, -0.2) is 4.79 Å². The van der Waals surface area contributed by atoms with E-state index < -0.39 is 13.6 Å². The van der Waals surface area contributed by atoms with E-state index in [9.17, 15) is 9.36 Å². The van der Waals surface area contributed by atoms with Crippen molar-refractivity contribution in [3.63, 3.8) is 0 Å². The molecule has 17 heavy (non-hydrogen) atoms. The van der Waals surface area contributed by atoms with Gasteiger partial charge in [0, 0.05) is 0 Å². The summed E-state index contributed by atoms with van der Waals surface area (Å²) in [6.45, 7) is 4.03. The maximum Gasteiger partial charge on any atom is 0.371 e. The molecule has 0 unspecified atom stereocenters. The zero-order valence-corrected chi connectivity index (χ0v) is 11.7. The highest BCUT2D eigenvalue weighted by Gasteiger charge is 2.29. The van der Waals surface area contributed by atoms with E-state index in [0.717, 1.165) is 11.3 Å². The minimum Gasteiger partial charge on any atom is -0.465 e. The Kier molecular flexibility index (Phi) is 5.33. The minimum absolute atomic E-state index is 0.280. The molecular formula is C10H15O5PS. The van der Waals surface area contributed by atoms with Crippen molar-refractivity contribution < 1.29 is 23.1 Å². The third kappa shape index (κ3) is 3.39. The number of carbonyl (C=O) groups is 1. The fourth-order valence-electron chi connectivity index (χ4n) is 1.19. The monoisotopic (exact) mass is 278 g/mol. The van der Waals surface area contributed by atoms with Gasteiger partial charge in [0.15, 0.2) is 0 Å². The second-order valence-electron chi connectivity index (χ2n) is 2.96. The summed E-state index contributed by atoms with van der Waals surface area (Å²) < 4.78 is 27.7. The van der Waals surface area contributed by atoms with E-state index in [1.54, 1.807) is 26.0 Å². The summed E-state index contributed by atoms with van der Waals surface area (Å²) in [5.41, 5.74) is 0. The molecule has 0 saturated heterocycles. The van der Waals surface area contributed by atoms with E-state index >= 15 is 0 Å². The molecule has 0 aliphatic carbocycles. The van der Waals surface area contributed by atoms with Crippen LogP contribution in [0.2, 0.25) is 0 Å². The highest BCUT2D eigenvalue weighted by atomic mass is 32.1. The first-order valence-electron chi connectivity index (χ1n) is 5.15. The average Bonchev–Trinajstić information content (AvgIpc) is 2.78. The molecule has 0 N–H and O–H groups in total. The predicted molar refractivity (Wildman–Crippen MR) is 66.2 cm³/mol. The molecule has 1 aromatic rings. The highest BCUT2D eigenvalue weighted by Crippen LogP contribution is 2.48. The Morgan fingerprint density at radius 3 is 2.35 bits per heavy atom. The number of methoxy groups -OCH3 is 1. The molecule has 0 atom stereocenters. The minimum atomic E-state index is -3.29. The van der Waals surface area contributed by atoms with Crippen LogP contribution in [0.4, 0.5) is 0 Å². The molecular weight excluding hydrogens is 263 g/mol. The van der Waals surface area contributed by atoms with Crippen LogP contribution in [-0.2, 0) is 18.3 Å². The largest absolute Gasteiger partial charge is 0.465 e. The van der Waals surface area contributed by atoms with Gasteiger partial charge in [-0.05, 0) is 26.0 Å². The van der Waals surface area contributed by atoms with Gasteiger partial charge in [-0.1, -0.05) is 0 Å². The van der Waals surface area contributed by atoms with E-state index in [1.807, 2.05) is 0 Å². The van der Waals surface area contributed by atoms with Crippen LogP contribution < -0.4 is 4.62 Å². The zero-order valence-electron chi connectivity index (χ0n) is 9.97. The summed E-state index contributed by atoms with van der Waals surface area (Å²) in [5, 5.41) is 0. The van der Waals surface area contributed by atoms with Crippen LogP contribution in [0.15, 0.2) is 12.1 Å². The van der Waals surface area contributed by atoms with Crippen LogP contribution in [0.5, 0.6) is 0 Å². The standard InChI is InChI=1S/C10H15O5PS/c1-4-14-16(12,15-5-2)9-7-6-8(17-9)10(11)13-3/h6-7H,4-5H2,1-3H3. The van der Waals surface area contributed by atoms with Crippen molar-refractivity contribution in [3.05, 3.63) is 17.0 Å². The van der Waals surface area contributed by atoms with Gasteiger partial charge >= 0.3 is 13.6 Å². The number of esters is 1. The lowest BCUT2D eigenvalue weighted by atomic mass is 10.5. The Labute approximate surface area is 104 Å². The number of rotatable bonds is 6. The van der Waals surface area contributed by atoms with Crippen LogP contribution in [0.1, 0.15) is 23.5 Å². The van der Waals surface area contributed by atoms with E-state index in [2.05, 4.69) is 4.74 Å². The van der Waals surface area contributed by atoms with Crippen molar-refractivity contribution in [3.8, 4) is 0 Å². The second kappa shape index (κ2) is 6.31. The molecule has 0 fully saturated rings. The highest BCUT2D eigenvalue weighted by molar-refractivity contribution is 7.69. The van der Waals surface area contributed by atoms with Crippen LogP contribution in [-0.4, -0.2) is 26.3 Å². The number of thiophene rings is 1. The Hall–Kier alpha value is -0.680. The quantitative estimate of drug-likeness (QED) is 0.590. The molecule has 0 aliphatic rings. The topological polar surface area (TPSA) is 61.8 Å². The summed E-state index contributed by atoms with van der Waals surface area (Å²) in [4.78, 5) is 11.7. The van der Waals surface area contributed by atoms with E-state index in [0.29, 0.717) is 9.50 Å². The maximum absolute atomic E-state index is 12.4. The third-order valence-electron chi connectivity index (χ3n) is 1.85. The lowest BCUT2D eigenvalue weighted by Gasteiger charge is -2.14. The molecule has 0 bridgehead atoms. The van der Waals surface area contributed by atoms with Crippen LogP contribution in [0, 0.1) is 0 Å². The summed E-state index contributed by atoms with van der Waals surface area (Å²) >= 11 is 1.06. The number of hydrogen-bond donors (Lipinski definition) is 0. The van der Waals surface area contributed by atoms with Crippen LogP contribution >= 0.6 is 18.9 Å². The van der Waals surface area contributed by atoms with Crippen molar-refractivity contribution in [2.75, 3.05) is 20.3 Å². The second-order valence-corrected chi connectivity index (χ2v) is 6.34. The molecule has 1 heterocycles. The fraction of sp³-hybridized carbons (Fsp3) is 0.500. The normalized spacial score (nSPS) is 11.5. The molecule has 1 aromatic heterocycles. The molecule has 0 saturated carbocycles. The number of carbonyl (C=O) groups excluding carboxylic acids is 1. The van der Waals surface area contributed by atoms with Crippen molar-refractivity contribution in [1.29, 1.82) is 0 Å². The first-order chi connectivity index (χ1) is 8.07. The summed E-state index contributed by atoms with van der Waals surface area (Å²) in [6.07, 6.45) is 0. The molecule has 0 aromatic carbocycles. The van der Waals surface area contributed by atoms with Crippen molar-refractivity contribution in [1.82, 2.24) is 0 Å². The summed E-state index contributed by atoms with van der Waals surface area (Å²) in [7, 11) is -1.99. The molecule has 7 heteroatoms. The number of ether oxygens (including phenoxy) is 1. The van der Waals surface area contributed by atoms with Gasteiger partial charge in [-0.15, -0.1) is 11.3 Å². The predicted octanol–water partition coefficient (Wildman–Crippen LogP) is 2.43. The van der Waals surface area contributed by atoms with Gasteiger partial charge < -0.3 is 13.8 Å². The lowest BCUT2D eigenvalue weighted by molar-refractivity contribution is 0.0606. The first-order valence-corrected chi connectivity index (χ1v) is 7.51. The van der Waals surface area contributed by atoms with E-state index in [4.69, 9.17) is 9.05 Å². The molecule has 0 radical (unpaired) electrons. The molecule has 0 spiro atoms. The fourth-order valence-corrected chi connectivity index (χ4v) is 4.18. The van der Waals surface area contributed by atoms with E-state index in [-0.39, 0.29) is 13.2 Å². The Morgan fingerprint density at radius 2 is 1.88 bits per heavy atom. The van der Waals surface area contributed by atoms with Gasteiger partial charge in [-0.3, -0.25) is 4.57 Å². The van der Waals surface area contributed by atoms with Gasteiger partial charge in [0.1, 0.15) is 9.50 Å². The molecule has 96 valence electrons. The average molecular weight is 278 g/mol. The third-order valence-corrected chi connectivity index (χ3v) is 5.54. The SMILES string of the molecule is CCOP(=O)(OCC)c1ccc(C(=O)OC)s1. The smallest absolute Gasteiger partial charge is 0.371 e. The number of hydrogen-bond acceptors (Lipinski definition) is 6. The first kappa shape index (κ1) is 14.4. The lowest BCUT2D eigenvalue weighted by Crippen LogP contribution is -2.06. The Balaban J connectivity index is 3.00. The Bertz CT molecular complexity index is 418. The zero-order chi connectivity index (χ0) is 12.9. The van der Waals surface area contributed by atoms with Crippen molar-refractivity contribution >= 4 is 29.5 Å².